The molecule has 3 fully saturated rings. The van der Waals surface area contributed by atoms with Crippen LogP contribution < -0.4 is 4.90 Å². The number of hydrogen-bond donors (Lipinski definition) is 1. The van der Waals surface area contributed by atoms with Crippen LogP contribution in [0.3, 0.4) is 0 Å². The van der Waals surface area contributed by atoms with Gasteiger partial charge in [0.25, 0.3) is 5.91 Å². The minimum absolute atomic E-state index is 0.0309. The van der Waals surface area contributed by atoms with Gasteiger partial charge in [0.1, 0.15) is 6.04 Å². The molecule has 2 aromatic rings. The molecule has 0 aromatic heterocycles. The first-order chi connectivity index (χ1) is 21.1. The number of hydrogen-bond acceptors (Lipinski definition) is 5. The van der Waals surface area contributed by atoms with Crippen LogP contribution in [0, 0.1) is 17.8 Å². The number of thioether (sulfide) groups is 1. The summed E-state index contributed by atoms with van der Waals surface area (Å²) in [4.78, 5) is 49.4. The molecule has 8 heteroatoms. The molecule has 1 N–H and O–H groups in total. The van der Waals surface area contributed by atoms with E-state index in [1.54, 1.807) is 33.7 Å². The number of amides is 3. The summed E-state index contributed by atoms with van der Waals surface area (Å²) in [6.45, 7) is 17.1. The van der Waals surface area contributed by atoms with Gasteiger partial charge >= 0.3 is 0 Å². The van der Waals surface area contributed by atoms with Crippen molar-refractivity contribution in [3.05, 3.63) is 67.8 Å². The van der Waals surface area contributed by atoms with Gasteiger partial charge in [0.05, 0.1) is 29.2 Å². The number of anilines is 1. The lowest BCUT2D eigenvalue weighted by molar-refractivity contribution is -0.146. The first kappa shape index (κ1) is 32.3. The molecule has 7 nitrogen and oxygen atoms in total. The molecule has 2 bridgehead atoms. The van der Waals surface area contributed by atoms with E-state index >= 15 is 4.79 Å². The summed E-state index contributed by atoms with van der Waals surface area (Å²) in [5.41, 5.74) is 0.738. The normalized spacial score (nSPS) is 27.9. The predicted molar refractivity (Wildman–Crippen MR) is 179 cm³/mol. The van der Waals surface area contributed by atoms with E-state index < -0.39 is 33.4 Å². The summed E-state index contributed by atoms with van der Waals surface area (Å²) in [5.74, 6) is -1.38. The highest BCUT2D eigenvalue weighted by molar-refractivity contribution is 8.02. The third-order valence-corrected chi connectivity index (χ3v) is 11.8. The number of aliphatic hydroxyl groups excluding tert-OH is 1. The Labute approximate surface area is 266 Å². The summed E-state index contributed by atoms with van der Waals surface area (Å²) < 4.78 is -1.23. The minimum Gasteiger partial charge on any atom is -0.394 e. The second-order valence-corrected chi connectivity index (χ2v) is 15.2. The second-order valence-electron chi connectivity index (χ2n) is 13.3. The fourth-order valence-corrected chi connectivity index (χ4v) is 10.4. The van der Waals surface area contributed by atoms with Crippen LogP contribution in [0.5, 0.6) is 0 Å². The van der Waals surface area contributed by atoms with E-state index in [0.29, 0.717) is 25.9 Å². The molecule has 2 aromatic carbocycles. The molecule has 3 heterocycles. The average Bonchev–Trinajstić information content (AvgIpc) is 3.58. The van der Waals surface area contributed by atoms with Crippen LogP contribution in [-0.2, 0) is 14.4 Å². The molecule has 3 amide bonds. The van der Waals surface area contributed by atoms with Crippen molar-refractivity contribution in [3.63, 3.8) is 0 Å². The number of nitrogens with zero attached hydrogens (tertiary/aromatic N) is 3. The molecule has 1 spiro atoms. The number of fused-ring (bicyclic) bond motifs is 2. The van der Waals surface area contributed by atoms with Crippen molar-refractivity contribution in [1.29, 1.82) is 0 Å². The van der Waals surface area contributed by atoms with Crippen molar-refractivity contribution in [1.82, 2.24) is 9.80 Å². The molecule has 2 unspecified atom stereocenters. The number of rotatable bonds is 13. The molecule has 0 radical (unpaired) electrons. The van der Waals surface area contributed by atoms with Gasteiger partial charge in [-0.25, -0.2) is 0 Å². The van der Waals surface area contributed by atoms with Gasteiger partial charge in [0.15, 0.2) is 0 Å². The predicted octanol–water partition coefficient (Wildman–Crippen LogP) is 5.67. The van der Waals surface area contributed by atoms with E-state index in [1.165, 1.54) is 0 Å². The van der Waals surface area contributed by atoms with E-state index in [4.69, 9.17) is 0 Å². The van der Waals surface area contributed by atoms with Crippen LogP contribution in [0.4, 0.5) is 5.69 Å². The van der Waals surface area contributed by atoms with Crippen LogP contribution >= 0.6 is 11.8 Å². The van der Waals surface area contributed by atoms with E-state index in [-0.39, 0.29) is 36.8 Å². The molecule has 236 valence electrons. The van der Waals surface area contributed by atoms with Gasteiger partial charge in [-0.05, 0) is 61.4 Å². The lowest BCUT2D eigenvalue weighted by atomic mass is 9.66. The van der Waals surface area contributed by atoms with E-state index in [2.05, 4.69) is 33.9 Å². The molecule has 3 aliphatic heterocycles. The molecular weight excluding hydrogens is 570 g/mol. The maximum atomic E-state index is 15.1. The maximum absolute atomic E-state index is 15.1. The Morgan fingerprint density at radius 2 is 1.80 bits per heavy atom. The summed E-state index contributed by atoms with van der Waals surface area (Å²) >= 11 is 1.68. The summed E-state index contributed by atoms with van der Waals surface area (Å²) in [7, 11) is 0. The first-order valence-corrected chi connectivity index (χ1v) is 16.8. The van der Waals surface area contributed by atoms with Crippen LogP contribution in [0.15, 0.2) is 67.8 Å². The minimum atomic E-state index is -0.814. The Morgan fingerprint density at radius 1 is 1.09 bits per heavy atom. The van der Waals surface area contributed by atoms with Gasteiger partial charge in [-0.1, -0.05) is 63.3 Å². The molecule has 6 atom stereocenters. The Kier molecular flexibility index (Phi) is 9.34. The third-order valence-electron chi connectivity index (χ3n) is 9.84. The van der Waals surface area contributed by atoms with Crippen LogP contribution in [0.2, 0.25) is 0 Å². The third kappa shape index (κ3) is 5.28. The SMILES string of the molecule is C=CCN(CCC)C(=O)[C@H]1[C@H]2C(=O)N([C@@H](CO)CC(C)C)C(C(=O)N(CC=C)c3ccc4ccccc4c3)C23CC[C@]1(C)S3. The van der Waals surface area contributed by atoms with Crippen molar-refractivity contribution in [2.75, 3.05) is 31.1 Å². The van der Waals surface area contributed by atoms with Crippen molar-refractivity contribution in [2.45, 2.75) is 75.0 Å². The highest BCUT2D eigenvalue weighted by atomic mass is 32.2. The Hall–Kier alpha value is -3.10. The van der Waals surface area contributed by atoms with Crippen LogP contribution in [-0.4, -0.2) is 80.4 Å². The Balaban J connectivity index is 1.63. The monoisotopic (exact) mass is 617 g/mol. The van der Waals surface area contributed by atoms with Gasteiger partial charge in [-0.2, -0.15) is 0 Å². The largest absolute Gasteiger partial charge is 0.394 e. The van der Waals surface area contributed by atoms with Crippen LogP contribution in [0.25, 0.3) is 10.8 Å². The number of aliphatic hydroxyl groups is 1. The fraction of sp³-hybridized carbons (Fsp3) is 0.528. The second kappa shape index (κ2) is 12.7. The molecule has 3 aliphatic rings. The maximum Gasteiger partial charge on any atom is 0.251 e. The zero-order valence-corrected chi connectivity index (χ0v) is 27.4. The topological polar surface area (TPSA) is 81.2 Å². The number of benzene rings is 2. The lowest BCUT2D eigenvalue weighted by Gasteiger charge is -2.40. The zero-order chi connectivity index (χ0) is 31.8. The van der Waals surface area contributed by atoms with Crippen LogP contribution in [0.1, 0.15) is 53.4 Å². The summed E-state index contributed by atoms with van der Waals surface area (Å²) in [5, 5.41) is 12.8. The number of carbonyl (C=O) groups is 3. The van der Waals surface area contributed by atoms with Crippen molar-refractivity contribution in [2.24, 2.45) is 17.8 Å². The number of likely N-dealkylation sites (tertiary alicyclic amines) is 1. The molecule has 0 saturated carbocycles. The summed E-state index contributed by atoms with van der Waals surface area (Å²) in [6.07, 6.45) is 6.22. The highest BCUT2D eigenvalue weighted by Crippen LogP contribution is 2.72. The molecule has 5 rings (SSSR count). The molecular formula is C36H47N3O4S. The van der Waals surface area contributed by atoms with Gasteiger partial charge in [-0.15, -0.1) is 24.9 Å². The fourth-order valence-electron chi connectivity index (χ4n) is 8.09. The molecule has 44 heavy (non-hydrogen) atoms. The van der Waals surface area contributed by atoms with Crippen molar-refractivity contribution >= 4 is 45.9 Å². The lowest BCUT2D eigenvalue weighted by Crippen LogP contribution is -2.58. The van der Waals surface area contributed by atoms with Gasteiger partial charge in [0, 0.05) is 30.1 Å². The highest BCUT2D eigenvalue weighted by Gasteiger charge is 2.78. The standard InChI is InChI=1S/C36H47N3O4S/c1-7-18-37(19-8-2)32(41)29-30-33(42)39(28(23-40)21-24(4)5)31(36(30)17-16-35(29,6)44-36)34(43)38(20-9-3)27-15-14-25-12-10-11-13-26(25)22-27/h7,9-15,22,24,28-31,40H,1,3,8,16-21,23H2,2,4-6H3/t28-,29-,30+,31?,35+,36?/m1/s1. The van der Waals surface area contributed by atoms with Crippen molar-refractivity contribution in [3.8, 4) is 0 Å². The van der Waals surface area contributed by atoms with Gasteiger partial charge in [0.2, 0.25) is 11.8 Å². The number of carbonyl (C=O) groups excluding carboxylic acids is 3. The van der Waals surface area contributed by atoms with Gasteiger partial charge < -0.3 is 19.8 Å². The van der Waals surface area contributed by atoms with E-state index in [1.807, 2.05) is 54.3 Å². The van der Waals surface area contributed by atoms with E-state index in [0.717, 1.165) is 29.3 Å². The van der Waals surface area contributed by atoms with E-state index in [9.17, 15) is 14.7 Å². The quantitative estimate of drug-likeness (QED) is 0.293. The first-order valence-electron chi connectivity index (χ1n) is 16.0. The molecule has 3 saturated heterocycles. The van der Waals surface area contributed by atoms with Gasteiger partial charge in [-0.3, -0.25) is 14.4 Å². The molecule has 0 aliphatic carbocycles. The average molecular weight is 618 g/mol. The Bertz CT molecular complexity index is 1440. The summed E-state index contributed by atoms with van der Waals surface area (Å²) in [6, 6.07) is 12.7. The van der Waals surface area contributed by atoms with Crippen molar-refractivity contribution < 1.29 is 19.5 Å². The smallest absolute Gasteiger partial charge is 0.251 e. The zero-order valence-electron chi connectivity index (χ0n) is 26.6. The Morgan fingerprint density at radius 3 is 2.43 bits per heavy atom.